The molecular formula is C13H19BrFN3. The Balaban J connectivity index is 1.99. The first-order valence-corrected chi connectivity index (χ1v) is 7.06. The minimum atomic E-state index is -0.326. The first-order valence-electron chi connectivity index (χ1n) is 6.26. The molecule has 2 rings (SSSR count). The molecule has 1 aliphatic rings. The van der Waals surface area contributed by atoms with Gasteiger partial charge in [-0.25, -0.2) is 4.39 Å². The Bertz CT molecular complexity index is 425. The minimum Gasteiger partial charge on any atom is -0.397 e. The molecule has 0 saturated carbocycles. The summed E-state index contributed by atoms with van der Waals surface area (Å²) in [6.45, 7) is 1.99. The number of anilines is 2. The zero-order valence-corrected chi connectivity index (χ0v) is 12.1. The monoisotopic (exact) mass is 315 g/mol. The number of likely N-dealkylation sites (N-methyl/N-ethyl adjacent to an activating group) is 1. The average Bonchev–Trinajstić information content (AvgIpc) is 2.34. The number of benzene rings is 1. The van der Waals surface area contributed by atoms with Crippen LogP contribution in [0, 0.1) is 5.82 Å². The summed E-state index contributed by atoms with van der Waals surface area (Å²) in [5.74, 6) is -0.326. The number of nitrogens with zero attached hydrogens (tertiary/aromatic N) is 1. The molecule has 3 N–H and O–H groups in total. The predicted molar refractivity (Wildman–Crippen MR) is 77.3 cm³/mol. The van der Waals surface area contributed by atoms with Crippen LogP contribution in [0.15, 0.2) is 16.6 Å². The zero-order chi connectivity index (χ0) is 13.1. The number of nitrogens with two attached hydrogens (primary N) is 1. The lowest BCUT2D eigenvalue weighted by atomic mass is 10.0. The van der Waals surface area contributed by atoms with Crippen LogP contribution in [0.25, 0.3) is 0 Å². The van der Waals surface area contributed by atoms with Gasteiger partial charge in [-0.3, -0.25) is 0 Å². The van der Waals surface area contributed by atoms with E-state index in [4.69, 9.17) is 5.73 Å². The van der Waals surface area contributed by atoms with Crippen LogP contribution in [-0.2, 0) is 0 Å². The van der Waals surface area contributed by atoms with E-state index in [0.29, 0.717) is 16.2 Å². The van der Waals surface area contributed by atoms with Crippen LogP contribution < -0.4 is 11.1 Å². The van der Waals surface area contributed by atoms with E-state index in [0.717, 1.165) is 18.8 Å². The molecule has 1 aromatic rings. The van der Waals surface area contributed by atoms with Gasteiger partial charge in [0.2, 0.25) is 0 Å². The molecule has 1 atom stereocenters. The van der Waals surface area contributed by atoms with Crippen LogP contribution in [0.3, 0.4) is 0 Å². The summed E-state index contributed by atoms with van der Waals surface area (Å²) < 4.78 is 13.7. The molecule has 5 heteroatoms. The zero-order valence-electron chi connectivity index (χ0n) is 10.5. The molecule has 0 amide bonds. The van der Waals surface area contributed by atoms with E-state index >= 15 is 0 Å². The second-order valence-corrected chi connectivity index (χ2v) is 5.72. The number of hydrogen-bond acceptors (Lipinski definition) is 3. The summed E-state index contributed by atoms with van der Waals surface area (Å²) in [4.78, 5) is 2.37. The topological polar surface area (TPSA) is 41.3 Å². The van der Waals surface area contributed by atoms with Crippen molar-refractivity contribution in [3.05, 3.63) is 22.4 Å². The summed E-state index contributed by atoms with van der Waals surface area (Å²) in [7, 11) is 2.15. The van der Waals surface area contributed by atoms with Crippen molar-refractivity contribution in [2.75, 3.05) is 31.2 Å². The Labute approximate surface area is 116 Å². The van der Waals surface area contributed by atoms with Gasteiger partial charge in [0, 0.05) is 18.7 Å². The smallest absolute Gasteiger partial charge is 0.139 e. The largest absolute Gasteiger partial charge is 0.397 e. The van der Waals surface area contributed by atoms with E-state index in [-0.39, 0.29) is 5.82 Å². The Morgan fingerprint density at radius 2 is 2.28 bits per heavy atom. The molecule has 0 spiro atoms. The van der Waals surface area contributed by atoms with Gasteiger partial charge in [-0.05, 0) is 48.4 Å². The summed E-state index contributed by atoms with van der Waals surface area (Å²) in [6.07, 6.45) is 3.75. The molecular weight excluding hydrogens is 297 g/mol. The molecule has 0 bridgehead atoms. The van der Waals surface area contributed by atoms with E-state index in [2.05, 4.69) is 33.2 Å². The maximum absolute atomic E-state index is 13.3. The average molecular weight is 316 g/mol. The van der Waals surface area contributed by atoms with Crippen LogP contribution in [0.1, 0.15) is 19.3 Å². The molecule has 100 valence electrons. The quantitative estimate of drug-likeness (QED) is 0.842. The Morgan fingerprint density at radius 1 is 1.50 bits per heavy atom. The van der Waals surface area contributed by atoms with Gasteiger partial charge < -0.3 is 16.0 Å². The van der Waals surface area contributed by atoms with Crippen molar-refractivity contribution in [1.29, 1.82) is 0 Å². The normalized spacial score (nSPS) is 20.9. The van der Waals surface area contributed by atoms with Crippen molar-refractivity contribution in [1.82, 2.24) is 4.90 Å². The highest BCUT2D eigenvalue weighted by atomic mass is 79.9. The number of likely N-dealkylation sites (tertiary alicyclic amines) is 1. The second-order valence-electron chi connectivity index (χ2n) is 4.86. The van der Waals surface area contributed by atoms with E-state index in [9.17, 15) is 4.39 Å². The van der Waals surface area contributed by atoms with Gasteiger partial charge in [0.15, 0.2) is 0 Å². The number of halogens is 2. The number of rotatable bonds is 3. The lowest BCUT2D eigenvalue weighted by Crippen LogP contribution is -2.40. The van der Waals surface area contributed by atoms with Crippen molar-refractivity contribution in [2.45, 2.75) is 25.3 Å². The Morgan fingerprint density at radius 3 is 3.00 bits per heavy atom. The highest BCUT2D eigenvalue weighted by molar-refractivity contribution is 9.10. The van der Waals surface area contributed by atoms with E-state index < -0.39 is 0 Å². The predicted octanol–water partition coefficient (Wildman–Crippen LogP) is 3.07. The standard InChI is InChI=1S/C13H19BrFN3/c1-18-5-3-2-4-9(18)8-17-13-6-10(14)11(15)7-12(13)16/h6-7,9,17H,2-5,8,16H2,1H3. The fourth-order valence-electron chi connectivity index (χ4n) is 2.35. The van der Waals surface area contributed by atoms with Crippen molar-refractivity contribution < 1.29 is 4.39 Å². The number of nitrogen functional groups attached to an aromatic ring is 1. The van der Waals surface area contributed by atoms with E-state index in [1.165, 1.54) is 25.3 Å². The van der Waals surface area contributed by atoms with Crippen molar-refractivity contribution in [2.24, 2.45) is 0 Å². The molecule has 1 unspecified atom stereocenters. The van der Waals surface area contributed by atoms with Crippen LogP contribution in [0.5, 0.6) is 0 Å². The summed E-state index contributed by atoms with van der Waals surface area (Å²) >= 11 is 3.18. The molecule has 0 radical (unpaired) electrons. The third-order valence-corrected chi connectivity index (χ3v) is 4.15. The maximum Gasteiger partial charge on any atom is 0.139 e. The highest BCUT2D eigenvalue weighted by Crippen LogP contribution is 2.27. The van der Waals surface area contributed by atoms with Gasteiger partial charge in [-0.1, -0.05) is 6.42 Å². The molecule has 1 heterocycles. The molecule has 0 aromatic heterocycles. The molecule has 0 aliphatic carbocycles. The highest BCUT2D eigenvalue weighted by Gasteiger charge is 2.18. The first kappa shape index (κ1) is 13.6. The van der Waals surface area contributed by atoms with Gasteiger partial charge in [-0.15, -0.1) is 0 Å². The van der Waals surface area contributed by atoms with Gasteiger partial charge in [-0.2, -0.15) is 0 Å². The fraction of sp³-hybridized carbons (Fsp3) is 0.538. The van der Waals surface area contributed by atoms with E-state index in [1.807, 2.05) is 0 Å². The number of hydrogen-bond donors (Lipinski definition) is 2. The molecule has 1 aliphatic heterocycles. The van der Waals surface area contributed by atoms with Gasteiger partial charge in [0.05, 0.1) is 15.8 Å². The van der Waals surface area contributed by atoms with Crippen LogP contribution in [0.2, 0.25) is 0 Å². The molecule has 1 saturated heterocycles. The third kappa shape index (κ3) is 3.14. The summed E-state index contributed by atoms with van der Waals surface area (Å²) in [6, 6.07) is 3.58. The van der Waals surface area contributed by atoms with E-state index in [1.54, 1.807) is 6.07 Å². The van der Waals surface area contributed by atoms with Crippen molar-refractivity contribution >= 4 is 27.3 Å². The molecule has 1 aromatic carbocycles. The summed E-state index contributed by atoms with van der Waals surface area (Å²) in [5.41, 5.74) is 7.05. The van der Waals surface area contributed by atoms with Crippen LogP contribution in [0.4, 0.5) is 15.8 Å². The van der Waals surface area contributed by atoms with Crippen molar-refractivity contribution in [3.8, 4) is 0 Å². The second kappa shape index (κ2) is 5.89. The maximum atomic E-state index is 13.3. The Hall–Kier alpha value is -0.810. The molecule has 3 nitrogen and oxygen atoms in total. The number of piperidine rings is 1. The lowest BCUT2D eigenvalue weighted by molar-refractivity contribution is 0.194. The lowest BCUT2D eigenvalue weighted by Gasteiger charge is -2.32. The SMILES string of the molecule is CN1CCCCC1CNc1cc(Br)c(F)cc1N. The first-order chi connectivity index (χ1) is 8.58. The van der Waals surface area contributed by atoms with Crippen LogP contribution in [-0.4, -0.2) is 31.1 Å². The third-order valence-electron chi connectivity index (χ3n) is 3.54. The molecule has 1 fully saturated rings. The van der Waals surface area contributed by atoms with Crippen LogP contribution >= 0.6 is 15.9 Å². The summed E-state index contributed by atoms with van der Waals surface area (Å²) in [5, 5.41) is 3.32. The Kier molecular flexibility index (Phi) is 4.45. The fourth-order valence-corrected chi connectivity index (χ4v) is 2.69. The minimum absolute atomic E-state index is 0.326. The number of nitrogens with one attached hydrogen (secondary N) is 1. The van der Waals surface area contributed by atoms with Gasteiger partial charge in [0.1, 0.15) is 5.82 Å². The van der Waals surface area contributed by atoms with Gasteiger partial charge in [0.25, 0.3) is 0 Å². The molecule has 18 heavy (non-hydrogen) atoms. The van der Waals surface area contributed by atoms with Crippen molar-refractivity contribution in [3.63, 3.8) is 0 Å². The van der Waals surface area contributed by atoms with Gasteiger partial charge >= 0.3 is 0 Å².